The van der Waals surface area contributed by atoms with Gasteiger partial charge >= 0.3 is 0 Å². The Hall–Kier alpha value is -3.14. The van der Waals surface area contributed by atoms with Crippen LogP contribution in [0.5, 0.6) is 0 Å². The highest BCUT2D eigenvalue weighted by Gasteiger charge is 2.35. The van der Waals surface area contributed by atoms with Crippen molar-refractivity contribution in [2.75, 3.05) is 16.8 Å². The lowest BCUT2D eigenvalue weighted by atomic mass is 10.1. The molecule has 0 radical (unpaired) electrons. The van der Waals surface area contributed by atoms with E-state index in [9.17, 15) is 9.59 Å². The number of aryl methyl sites for hydroxylation is 2. The van der Waals surface area contributed by atoms with Crippen LogP contribution in [0.4, 0.5) is 11.4 Å². The highest BCUT2D eigenvalue weighted by molar-refractivity contribution is 6.08. The quantitative estimate of drug-likeness (QED) is 0.752. The largest absolute Gasteiger partial charge is 0.326 e. The molecule has 0 saturated carbocycles. The van der Waals surface area contributed by atoms with Gasteiger partial charge < -0.3 is 10.2 Å². The lowest BCUT2D eigenvalue weighted by Crippen LogP contribution is -2.28. The molecule has 4 nitrogen and oxygen atoms in total. The molecule has 1 heterocycles. The molecule has 1 atom stereocenters. The molecule has 0 spiro atoms. The van der Waals surface area contributed by atoms with Crippen molar-refractivity contribution in [3.05, 3.63) is 71.8 Å². The number of amides is 2. The van der Waals surface area contributed by atoms with E-state index >= 15 is 0 Å². The van der Waals surface area contributed by atoms with Crippen molar-refractivity contribution in [1.82, 2.24) is 0 Å². The van der Waals surface area contributed by atoms with Crippen molar-refractivity contribution in [3.63, 3.8) is 0 Å². The Bertz CT molecular complexity index is 1020. The normalized spacial score (nSPS) is 16.7. The highest BCUT2D eigenvalue weighted by Crippen LogP contribution is 2.32. The van der Waals surface area contributed by atoms with E-state index in [1.165, 1.54) is 0 Å². The molecule has 1 aliphatic rings. The molecule has 1 fully saturated rings. The minimum absolute atomic E-state index is 0.00748. The zero-order valence-electron chi connectivity index (χ0n) is 15.5. The first-order valence-electron chi connectivity index (χ1n) is 9.18. The molecule has 2 amide bonds. The first kappa shape index (κ1) is 17.3. The first-order valence-corrected chi connectivity index (χ1v) is 9.18. The fourth-order valence-corrected chi connectivity index (χ4v) is 3.85. The van der Waals surface area contributed by atoms with Gasteiger partial charge in [-0.15, -0.1) is 0 Å². The summed E-state index contributed by atoms with van der Waals surface area (Å²) in [5.41, 5.74) is 3.86. The number of benzene rings is 3. The van der Waals surface area contributed by atoms with Crippen molar-refractivity contribution in [2.24, 2.45) is 5.92 Å². The molecule has 1 aliphatic heterocycles. The molecular formula is C23H22N2O2. The molecule has 3 aromatic carbocycles. The van der Waals surface area contributed by atoms with Gasteiger partial charge in [0.15, 0.2) is 0 Å². The van der Waals surface area contributed by atoms with E-state index in [2.05, 4.69) is 11.4 Å². The molecule has 0 aliphatic carbocycles. The molecule has 4 heteroatoms. The Balaban J connectivity index is 1.56. The predicted octanol–water partition coefficient (Wildman–Crippen LogP) is 4.45. The smallest absolute Gasteiger partial charge is 0.229 e. The number of hydrogen-bond donors (Lipinski definition) is 1. The SMILES string of the molecule is Cc1cc(C)cc(NC(=O)[C@@H]2CC(=O)N(c3cccc4ccccc34)C2)c1. The number of anilines is 2. The van der Waals surface area contributed by atoms with Gasteiger partial charge in [0.1, 0.15) is 0 Å². The van der Waals surface area contributed by atoms with Crippen molar-refractivity contribution in [2.45, 2.75) is 20.3 Å². The molecule has 136 valence electrons. The molecule has 1 saturated heterocycles. The van der Waals surface area contributed by atoms with Gasteiger partial charge in [-0.3, -0.25) is 9.59 Å². The summed E-state index contributed by atoms with van der Waals surface area (Å²) >= 11 is 0. The number of rotatable bonds is 3. The average Bonchev–Trinajstić information content (AvgIpc) is 3.02. The number of fused-ring (bicyclic) bond motifs is 1. The molecule has 4 rings (SSSR count). The van der Waals surface area contributed by atoms with Crippen LogP contribution in [0.2, 0.25) is 0 Å². The molecule has 0 unspecified atom stereocenters. The molecule has 3 aromatic rings. The van der Waals surface area contributed by atoms with E-state index in [0.29, 0.717) is 6.54 Å². The van der Waals surface area contributed by atoms with Gasteiger partial charge in [0.05, 0.1) is 11.6 Å². The van der Waals surface area contributed by atoms with Crippen LogP contribution in [0, 0.1) is 19.8 Å². The number of carbonyl (C=O) groups is 2. The summed E-state index contributed by atoms with van der Waals surface area (Å²) in [5, 5.41) is 5.10. The van der Waals surface area contributed by atoms with Gasteiger partial charge in [-0.2, -0.15) is 0 Å². The summed E-state index contributed by atoms with van der Waals surface area (Å²) in [6.45, 7) is 4.41. The van der Waals surface area contributed by atoms with Crippen LogP contribution in [-0.2, 0) is 9.59 Å². The van der Waals surface area contributed by atoms with Gasteiger partial charge in [-0.05, 0) is 48.6 Å². The van der Waals surface area contributed by atoms with Crippen LogP contribution in [-0.4, -0.2) is 18.4 Å². The number of nitrogens with zero attached hydrogens (tertiary/aromatic N) is 1. The minimum Gasteiger partial charge on any atom is -0.326 e. The molecule has 27 heavy (non-hydrogen) atoms. The maximum Gasteiger partial charge on any atom is 0.229 e. The topological polar surface area (TPSA) is 49.4 Å². The Morgan fingerprint density at radius 3 is 2.48 bits per heavy atom. The second kappa shape index (κ2) is 6.88. The zero-order valence-corrected chi connectivity index (χ0v) is 15.5. The first-order chi connectivity index (χ1) is 13.0. The van der Waals surface area contributed by atoms with E-state index in [-0.39, 0.29) is 24.2 Å². The van der Waals surface area contributed by atoms with E-state index in [1.807, 2.05) is 68.4 Å². The van der Waals surface area contributed by atoms with Crippen LogP contribution >= 0.6 is 0 Å². The van der Waals surface area contributed by atoms with E-state index < -0.39 is 0 Å². The summed E-state index contributed by atoms with van der Waals surface area (Å²) < 4.78 is 0. The number of nitrogens with one attached hydrogen (secondary N) is 1. The van der Waals surface area contributed by atoms with E-state index in [1.54, 1.807) is 4.90 Å². The molecule has 0 bridgehead atoms. The van der Waals surface area contributed by atoms with E-state index in [4.69, 9.17) is 0 Å². The van der Waals surface area contributed by atoms with Crippen molar-refractivity contribution >= 4 is 34.0 Å². The van der Waals surface area contributed by atoms with Crippen LogP contribution < -0.4 is 10.2 Å². The van der Waals surface area contributed by atoms with E-state index in [0.717, 1.165) is 33.3 Å². The fraction of sp³-hybridized carbons (Fsp3) is 0.217. The maximum absolute atomic E-state index is 12.7. The van der Waals surface area contributed by atoms with Crippen molar-refractivity contribution in [1.29, 1.82) is 0 Å². The minimum atomic E-state index is -0.350. The zero-order chi connectivity index (χ0) is 19.0. The monoisotopic (exact) mass is 358 g/mol. The Morgan fingerprint density at radius 1 is 1.00 bits per heavy atom. The van der Waals surface area contributed by atoms with Crippen LogP contribution in [0.25, 0.3) is 10.8 Å². The molecule has 1 N–H and O–H groups in total. The van der Waals surface area contributed by atoms with Crippen LogP contribution in [0.1, 0.15) is 17.5 Å². The predicted molar refractivity (Wildman–Crippen MR) is 109 cm³/mol. The average molecular weight is 358 g/mol. The second-order valence-electron chi connectivity index (χ2n) is 7.27. The maximum atomic E-state index is 12.7. The van der Waals surface area contributed by atoms with Gasteiger partial charge in [-0.1, -0.05) is 42.5 Å². The summed E-state index contributed by atoms with van der Waals surface area (Å²) in [7, 11) is 0. The van der Waals surface area contributed by atoms with Crippen LogP contribution in [0.3, 0.4) is 0 Å². The van der Waals surface area contributed by atoms with Gasteiger partial charge in [0.2, 0.25) is 11.8 Å². The third-order valence-electron chi connectivity index (χ3n) is 5.04. The summed E-state index contributed by atoms with van der Waals surface area (Å²) in [4.78, 5) is 27.1. The summed E-state index contributed by atoms with van der Waals surface area (Å²) in [5.74, 6) is -0.458. The Kier molecular flexibility index (Phi) is 4.40. The van der Waals surface area contributed by atoms with Gasteiger partial charge in [0, 0.05) is 24.0 Å². The highest BCUT2D eigenvalue weighted by atomic mass is 16.2. The third kappa shape index (κ3) is 3.43. The Labute approximate surface area is 158 Å². The number of hydrogen-bond acceptors (Lipinski definition) is 2. The van der Waals surface area contributed by atoms with Gasteiger partial charge in [0.25, 0.3) is 0 Å². The second-order valence-corrected chi connectivity index (χ2v) is 7.27. The Morgan fingerprint density at radius 2 is 1.70 bits per heavy atom. The van der Waals surface area contributed by atoms with Crippen molar-refractivity contribution < 1.29 is 9.59 Å². The standard InChI is InChI=1S/C23H22N2O2/c1-15-10-16(2)12-19(11-15)24-23(27)18-13-22(26)25(14-18)21-9-5-7-17-6-3-4-8-20(17)21/h3-12,18H,13-14H2,1-2H3,(H,24,27)/t18-/m1/s1. The van der Waals surface area contributed by atoms with Gasteiger partial charge in [-0.25, -0.2) is 0 Å². The molecule has 0 aromatic heterocycles. The third-order valence-corrected chi connectivity index (χ3v) is 5.04. The molecular weight excluding hydrogens is 336 g/mol. The lowest BCUT2D eigenvalue weighted by Gasteiger charge is -2.19. The summed E-state index contributed by atoms with van der Waals surface area (Å²) in [6, 6.07) is 19.9. The number of carbonyl (C=O) groups excluding carboxylic acids is 2. The summed E-state index contributed by atoms with van der Waals surface area (Å²) in [6.07, 6.45) is 0.236. The van der Waals surface area contributed by atoms with Crippen LogP contribution in [0.15, 0.2) is 60.7 Å². The van der Waals surface area contributed by atoms with Crippen molar-refractivity contribution in [3.8, 4) is 0 Å². The fourth-order valence-electron chi connectivity index (χ4n) is 3.85. The lowest BCUT2D eigenvalue weighted by molar-refractivity contribution is -0.122.